The average molecular weight is 231 g/mol. The van der Waals surface area contributed by atoms with Gasteiger partial charge in [-0.3, -0.25) is 0 Å². The number of carbonyl (C=O) groups is 2. The Morgan fingerprint density at radius 1 is 1.62 bits per heavy atom. The summed E-state index contributed by atoms with van der Waals surface area (Å²) in [7, 11) is 1.14. The maximum atomic E-state index is 13.3. The van der Waals surface area contributed by atoms with E-state index in [9.17, 15) is 14.0 Å². The Kier molecular flexibility index (Phi) is 3.92. The molecule has 88 valence electrons. The van der Waals surface area contributed by atoms with Crippen LogP contribution in [0.15, 0.2) is 6.33 Å². The van der Waals surface area contributed by atoms with Gasteiger partial charge in [-0.1, -0.05) is 0 Å². The van der Waals surface area contributed by atoms with E-state index < -0.39 is 18.2 Å². The molecular weight excluding hydrogens is 221 g/mol. The van der Waals surface area contributed by atoms with E-state index in [0.717, 1.165) is 13.4 Å². The number of esters is 2. The third-order valence-corrected chi connectivity index (χ3v) is 1.59. The highest BCUT2D eigenvalue weighted by Gasteiger charge is 2.23. The number of nitrogens with zero attached hydrogens (tertiary/aromatic N) is 3. The van der Waals surface area contributed by atoms with Crippen LogP contribution in [-0.2, 0) is 14.3 Å². The molecule has 0 N–H and O–H groups in total. The normalized spacial score (nSPS) is 11.9. The topological polar surface area (TPSA) is 83.3 Å². The summed E-state index contributed by atoms with van der Waals surface area (Å²) >= 11 is 0. The third-order valence-electron chi connectivity index (χ3n) is 1.59. The molecular formula is C8H10FN3O4. The second-order valence-corrected chi connectivity index (χ2v) is 2.63. The highest BCUT2D eigenvalue weighted by molar-refractivity contribution is 5.84. The van der Waals surface area contributed by atoms with E-state index in [4.69, 9.17) is 0 Å². The second-order valence-electron chi connectivity index (χ2n) is 2.63. The van der Waals surface area contributed by atoms with Crippen molar-refractivity contribution in [3.63, 3.8) is 0 Å². The highest BCUT2D eigenvalue weighted by atomic mass is 19.1. The van der Waals surface area contributed by atoms with Gasteiger partial charge in [0.05, 0.1) is 13.7 Å². The van der Waals surface area contributed by atoms with Crippen LogP contribution in [-0.4, -0.2) is 40.4 Å². The Balaban J connectivity index is 2.77. The van der Waals surface area contributed by atoms with Crippen molar-refractivity contribution >= 4 is 11.9 Å². The Morgan fingerprint density at radius 3 is 2.88 bits per heavy atom. The van der Waals surface area contributed by atoms with Crippen LogP contribution in [0.5, 0.6) is 0 Å². The molecule has 1 aromatic rings. The molecule has 0 fully saturated rings. The zero-order valence-corrected chi connectivity index (χ0v) is 8.71. The monoisotopic (exact) mass is 231 g/mol. The fourth-order valence-corrected chi connectivity index (χ4v) is 0.888. The van der Waals surface area contributed by atoms with Crippen molar-refractivity contribution in [1.29, 1.82) is 0 Å². The largest absolute Gasteiger partial charge is 0.463 e. The zero-order chi connectivity index (χ0) is 12.1. The lowest BCUT2D eigenvalue weighted by molar-refractivity contribution is -0.153. The van der Waals surface area contributed by atoms with E-state index in [1.54, 1.807) is 6.92 Å². The first kappa shape index (κ1) is 12.1. The summed E-state index contributed by atoms with van der Waals surface area (Å²) in [6, 6.07) is 0. The first-order chi connectivity index (χ1) is 7.60. The van der Waals surface area contributed by atoms with Gasteiger partial charge in [0.15, 0.2) is 0 Å². The van der Waals surface area contributed by atoms with E-state index in [-0.39, 0.29) is 12.4 Å². The van der Waals surface area contributed by atoms with Gasteiger partial charge < -0.3 is 9.47 Å². The number of hydrogen-bond donors (Lipinski definition) is 0. The van der Waals surface area contributed by atoms with Gasteiger partial charge in [0.2, 0.25) is 0 Å². The summed E-state index contributed by atoms with van der Waals surface area (Å²) in [4.78, 5) is 25.4. The van der Waals surface area contributed by atoms with Crippen molar-refractivity contribution in [2.45, 2.75) is 13.2 Å². The smallest absolute Gasteiger partial charge is 0.377 e. The maximum Gasteiger partial charge on any atom is 0.377 e. The van der Waals surface area contributed by atoms with Crippen LogP contribution >= 0.6 is 0 Å². The minimum absolute atomic E-state index is 0.0534. The fraction of sp³-hybridized carbons (Fsp3) is 0.500. The van der Waals surface area contributed by atoms with E-state index in [0.29, 0.717) is 4.68 Å². The molecule has 1 rings (SSSR count). The minimum Gasteiger partial charge on any atom is -0.463 e. The predicted molar refractivity (Wildman–Crippen MR) is 48.1 cm³/mol. The summed E-state index contributed by atoms with van der Waals surface area (Å²) in [5.74, 6) is -2.23. The number of carbonyl (C=O) groups excluding carboxylic acids is 2. The van der Waals surface area contributed by atoms with Gasteiger partial charge in [-0.05, 0) is 6.92 Å². The fourth-order valence-electron chi connectivity index (χ4n) is 0.888. The van der Waals surface area contributed by atoms with Crippen molar-refractivity contribution in [2.24, 2.45) is 0 Å². The Morgan fingerprint density at radius 2 is 2.31 bits per heavy atom. The number of ether oxygens (including phenoxy) is 2. The quantitative estimate of drug-likeness (QED) is 0.683. The first-order valence-corrected chi connectivity index (χ1v) is 4.40. The molecule has 0 aliphatic carbocycles. The molecule has 1 aromatic heterocycles. The Bertz CT molecular complexity index is 392. The van der Waals surface area contributed by atoms with Crippen molar-refractivity contribution in [1.82, 2.24) is 14.8 Å². The van der Waals surface area contributed by atoms with Gasteiger partial charge >= 0.3 is 11.9 Å². The van der Waals surface area contributed by atoms with Crippen LogP contribution < -0.4 is 0 Å². The number of aromatic nitrogens is 3. The lowest BCUT2D eigenvalue weighted by Gasteiger charge is -2.05. The number of alkyl halides is 1. The lowest BCUT2D eigenvalue weighted by atomic mass is 10.6. The third kappa shape index (κ3) is 2.53. The molecule has 0 amide bonds. The van der Waals surface area contributed by atoms with Crippen LogP contribution in [0.25, 0.3) is 0 Å². The van der Waals surface area contributed by atoms with E-state index in [1.807, 2.05) is 0 Å². The second kappa shape index (κ2) is 5.19. The van der Waals surface area contributed by atoms with Crippen molar-refractivity contribution in [3.05, 3.63) is 12.2 Å². The van der Waals surface area contributed by atoms with Crippen LogP contribution in [0.1, 0.15) is 23.8 Å². The summed E-state index contributed by atoms with van der Waals surface area (Å²) < 4.78 is 22.7. The maximum absolute atomic E-state index is 13.3. The SMILES string of the molecule is CCOC(=O)C(F)n1cnc(C(=O)OC)n1. The molecule has 7 nitrogen and oxygen atoms in total. The van der Waals surface area contributed by atoms with Crippen LogP contribution in [0.4, 0.5) is 4.39 Å². The summed E-state index contributed by atoms with van der Waals surface area (Å²) in [6.45, 7) is 1.60. The number of halogens is 1. The zero-order valence-electron chi connectivity index (χ0n) is 8.71. The molecule has 1 unspecified atom stereocenters. The molecule has 0 radical (unpaired) electrons. The Labute approximate surface area is 90.2 Å². The van der Waals surface area contributed by atoms with Crippen molar-refractivity contribution in [3.8, 4) is 0 Å². The molecule has 0 spiro atoms. The van der Waals surface area contributed by atoms with Gasteiger partial charge in [0.1, 0.15) is 6.33 Å². The molecule has 0 saturated heterocycles. The molecule has 1 atom stereocenters. The number of rotatable bonds is 4. The van der Waals surface area contributed by atoms with Crippen LogP contribution in [0, 0.1) is 0 Å². The summed E-state index contributed by atoms with van der Waals surface area (Å²) in [5, 5.41) is 3.44. The predicted octanol–water partition coefficient (Wildman–Crippen LogP) is 0.0959. The molecule has 0 saturated carbocycles. The van der Waals surface area contributed by atoms with Crippen LogP contribution in [0.2, 0.25) is 0 Å². The molecule has 16 heavy (non-hydrogen) atoms. The molecule has 0 aliphatic rings. The molecule has 0 aliphatic heterocycles. The highest BCUT2D eigenvalue weighted by Crippen LogP contribution is 2.08. The minimum atomic E-state index is -2.12. The first-order valence-electron chi connectivity index (χ1n) is 4.40. The van der Waals surface area contributed by atoms with Gasteiger partial charge in [-0.15, -0.1) is 5.10 Å². The van der Waals surface area contributed by atoms with Gasteiger partial charge in [0.25, 0.3) is 12.1 Å². The van der Waals surface area contributed by atoms with Gasteiger partial charge in [0, 0.05) is 0 Å². The van der Waals surface area contributed by atoms with Gasteiger partial charge in [-0.2, -0.15) is 0 Å². The molecule has 8 heteroatoms. The molecule has 1 heterocycles. The van der Waals surface area contributed by atoms with Crippen LogP contribution in [0.3, 0.4) is 0 Å². The summed E-state index contributed by atoms with van der Waals surface area (Å²) in [6.07, 6.45) is -1.21. The standard InChI is InChI=1S/C8H10FN3O4/c1-3-16-7(13)5(9)12-4-10-6(11-12)8(14)15-2/h4-5H,3H2,1-2H3. The Hall–Kier alpha value is -1.99. The number of methoxy groups -OCH3 is 1. The lowest BCUT2D eigenvalue weighted by Crippen LogP contribution is -2.19. The van der Waals surface area contributed by atoms with E-state index >= 15 is 0 Å². The van der Waals surface area contributed by atoms with Crippen molar-refractivity contribution in [2.75, 3.05) is 13.7 Å². The average Bonchev–Trinajstić information content (AvgIpc) is 2.76. The van der Waals surface area contributed by atoms with E-state index in [2.05, 4.69) is 19.6 Å². The summed E-state index contributed by atoms with van der Waals surface area (Å²) in [5.41, 5.74) is 0. The van der Waals surface area contributed by atoms with Crippen molar-refractivity contribution < 1.29 is 23.5 Å². The van der Waals surface area contributed by atoms with E-state index in [1.165, 1.54) is 0 Å². The molecule has 0 bridgehead atoms. The number of hydrogen-bond acceptors (Lipinski definition) is 6. The van der Waals surface area contributed by atoms with Gasteiger partial charge in [-0.25, -0.2) is 23.6 Å². The molecule has 0 aromatic carbocycles.